The maximum absolute atomic E-state index is 12.7. The summed E-state index contributed by atoms with van der Waals surface area (Å²) in [5.41, 5.74) is 3.35. The Bertz CT molecular complexity index is 899. The predicted octanol–water partition coefficient (Wildman–Crippen LogP) is 1.37. The summed E-state index contributed by atoms with van der Waals surface area (Å²) in [5, 5.41) is 8.34. The van der Waals surface area contributed by atoms with Gasteiger partial charge in [-0.15, -0.1) is 0 Å². The summed E-state index contributed by atoms with van der Waals surface area (Å²) in [7, 11) is 1.89. The number of aryl methyl sites for hydroxylation is 2. The standard InChI is InChI=1S/C16H16N6O2/c1-10-18-15(24-20-10)14-12-9-22(8-5-13(12)21(2)19-14)16(23)11-3-6-17-7-4-11/h3-4,6-7H,5,8-9H2,1-2H3. The summed E-state index contributed by atoms with van der Waals surface area (Å²) in [6.45, 7) is 2.89. The number of carbonyl (C=O) groups is 1. The lowest BCUT2D eigenvalue weighted by Gasteiger charge is -2.27. The van der Waals surface area contributed by atoms with Crippen molar-refractivity contribution in [1.29, 1.82) is 0 Å². The minimum absolute atomic E-state index is 0.0143. The van der Waals surface area contributed by atoms with Gasteiger partial charge in [0.2, 0.25) is 0 Å². The van der Waals surface area contributed by atoms with Crippen molar-refractivity contribution in [2.75, 3.05) is 6.54 Å². The molecule has 0 bridgehead atoms. The Balaban J connectivity index is 1.68. The van der Waals surface area contributed by atoms with Gasteiger partial charge in [0.1, 0.15) is 0 Å². The highest BCUT2D eigenvalue weighted by Crippen LogP contribution is 2.29. The fourth-order valence-corrected chi connectivity index (χ4v) is 3.01. The molecule has 0 aromatic carbocycles. The molecule has 1 aliphatic rings. The fourth-order valence-electron chi connectivity index (χ4n) is 3.01. The van der Waals surface area contributed by atoms with Crippen molar-refractivity contribution in [3.8, 4) is 11.6 Å². The molecule has 3 aromatic heterocycles. The molecule has 1 amide bonds. The third-order valence-corrected chi connectivity index (χ3v) is 4.19. The van der Waals surface area contributed by atoms with E-state index in [9.17, 15) is 4.79 Å². The van der Waals surface area contributed by atoms with Crippen LogP contribution in [0.1, 0.15) is 27.4 Å². The van der Waals surface area contributed by atoms with Gasteiger partial charge in [-0.3, -0.25) is 14.5 Å². The largest absolute Gasteiger partial charge is 0.334 e. The maximum atomic E-state index is 12.7. The molecule has 0 fully saturated rings. The lowest BCUT2D eigenvalue weighted by Crippen LogP contribution is -2.36. The van der Waals surface area contributed by atoms with Crippen molar-refractivity contribution in [1.82, 2.24) is 29.8 Å². The van der Waals surface area contributed by atoms with Crippen molar-refractivity contribution in [3.05, 3.63) is 47.2 Å². The first-order valence-corrected chi connectivity index (χ1v) is 7.68. The second-order valence-electron chi connectivity index (χ2n) is 5.76. The molecule has 0 aliphatic carbocycles. The zero-order valence-corrected chi connectivity index (χ0v) is 13.4. The molecule has 4 rings (SSSR count). The van der Waals surface area contributed by atoms with Crippen molar-refractivity contribution in [3.63, 3.8) is 0 Å². The topological polar surface area (TPSA) is 89.9 Å². The zero-order chi connectivity index (χ0) is 16.7. The Morgan fingerprint density at radius 1 is 1.29 bits per heavy atom. The van der Waals surface area contributed by atoms with Gasteiger partial charge < -0.3 is 9.42 Å². The number of hydrogen-bond donors (Lipinski definition) is 0. The van der Waals surface area contributed by atoms with Crippen LogP contribution in [0.5, 0.6) is 0 Å². The first kappa shape index (κ1) is 14.6. The SMILES string of the molecule is Cc1noc(-c2nn(C)c3c2CN(C(=O)c2ccncc2)CC3)n1. The highest BCUT2D eigenvalue weighted by Gasteiger charge is 2.29. The number of aromatic nitrogens is 5. The van der Waals surface area contributed by atoms with E-state index in [1.165, 1.54) is 0 Å². The number of fused-ring (bicyclic) bond motifs is 1. The molecule has 4 heterocycles. The molecule has 0 spiro atoms. The lowest BCUT2D eigenvalue weighted by molar-refractivity contribution is 0.0733. The average Bonchev–Trinajstić information content (AvgIpc) is 3.18. The second-order valence-corrected chi connectivity index (χ2v) is 5.76. The monoisotopic (exact) mass is 324 g/mol. The Labute approximate surface area is 138 Å². The van der Waals surface area contributed by atoms with Gasteiger partial charge >= 0.3 is 0 Å². The van der Waals surface area contributed by atoms with Gasteiger partial charge in [-0.05, 0) is 19.1 Å². The molecular weight excluding hydrogens is 308 g/mol. The maximum Gasteiger partial charge on any atom is 0.278 e. The van der Waals surface area contributed by atoms with Gasteiger partial charge in [-0.2, -0.15) is 10.1 Å². The van der Waals surface area contributed by atoms with Gasteiger partial charge in [-0.25, -0.2) is 0 Å². The minimum atomic E-state index is -0.0143. The third-order valence-electron chi connectivity index (χ3n) is 4.19. The van der Waals surface area contributed by atoms with Crippen LogP contribution < -0.4 is 0 Å². The average molecular weight is 324 g/mol. The summed E-state index contributed by atoms with van der Waals surface area (Å²) >= 11 is 0. The molecule has 0 N–H and O–H groups in total. The van der Waals surface area contributed by atoms with E-state index < -0.39 is 0 Å². The molecule has 122 valence electrons. The molecule has 0 atom stereocenters. The fraction of sp³-hybridized carbons (Fsp3) is 0.312. The van der Waals surface area contributed by atoms with Crippen molar-refractivity contribution >= 4 is 5.91 Å². The van der Waals surface area contributed by atoms with Crippen LogP contribution in [0.3, 0.4) is 0 Å². The number of nitrogens with zero attached hydrogens (tertiary/aromatic N) is 6. The summed E-state index contributed by atoms with van der Waals surface area (Å²) in [5.74, 6) is 0.937. The molecule has 0 saturated heterocycles. The number of pyridine rings is 1. The summed E-state index contributed by atoms with van der Waals surface area (Å²) < 4.78 is 7.09. The molecule has 3 aromatic rings. The highest BCUT2D eigenvalue weighted by atomic mass is 16.5. The quantitative estimate of drug-likeness (QED) is 0.707. The van der Waals surface area contributed by atoms with Gasteiger partial charge in [-0.1, -0.05) is 5.16 Å². The van der Waals surface area contributed by atoms with E-state index in [1.54, 1.807) is 31.5 Å². The van der Waals surface area contributed by atoms with E-state index in [2.05, 4.69) is 20.2 Å². The van der Waals surface area contributed by atoms with E-state index in [0.29, 0.717) is 36.1 Å². The number of carbonyl (C=O) groups excluding carboxylic acids is 1. The number of hydrogen-bond acceptors (Lipinski definition) is 6. The Morgan fingerprint density at radius 3 is 2.79 bits per heavy atom. The first-order valence-electron chi connectivity index (χ1n) is 7.68. The molecule has 8 nitrogen and oxygen atoms in total. The predicted molar refractivity (Wildman–Crippen MR) is 83.9 cm³/mol. The summed E-state index contributed by atoms with van der Waals surface area (Å²) in [4.78, 5) is 22.7. The van der Waals surface area contributed by atoms with Crippen LogP contribution in [0, 0.1) is 6.92 Å². The van der Waals surface area contributed by atoms with Crippen LogP contribution in [-0.4, -0.2) is 42.3 Å². The van der Waals surface area contributed by atoms with Crippen LogP contribution in [0.25, 0.3) is 11.6 Å². The zero-order valence-electron chi connectivity index (χ0n) is 13.4. The molecule has 0 radical (unpaired) electrons. The highest BCUT2D eigenvalue weighted by molar-refractivity contribution is 5.94. The van der Waals surface area contributed by atoms with Crippen molar-refractivity contribution < 1.29 is 9.32 Å². The Hall–Kier alpha value is -3.03. The molecule has 1 aliphatic heterocycles. The molecule has 24 heavy (non-hydrogen) atoms. The van der Waals surface area contributed by atoms with Crippen molar-refractivity contribution in [2.45, 2.75) is 19.9 Å². The van der Waals surface area contributed by atoms with Crippen LogP contribution >= 0.6 is 0 Å². The van der Waals surface area contributed by atoms with E-state index in [4.69, 9.17) is 4.52 Å². The van der Waals surface area contributed by atoms with Crippen LogP contribution in [0.2, 0.25) is 0 Å². The Kier molecular flexibility index (Phi) is 3.37. The van der Waals surface area contributed by atoms with Gasteiger partial charge in [0.15, 0.2) is 11.5 Å². The molecule has 0 saturated carbocycles. The summed E-state index contributed by atoms with van der Waals surface area (Å²) in [6, 6.07) is 3.45. The molecular formula is C16H16N6O2. The van der Waals surface area contributed by atoms with Crippen molar-refractivity contribution in [2.24, 2.45) is 7.05 Å². The van der Waals surface area contributed by atoms with E-state index in [-0.39, 0.29) is 5.91 Å². The van der Waals surface area contributed by atoms with E-state index in [0.717, 1.165) is 17.7 Å². The Morgan fingerprint density at radius 2 is 2.08 bits per heavy atom. The lowest BCUT2D eigenvalue weighted by atomic mass is 10.0. The van der Waals surface area contributed by atoms with Crippen LogP contribution in [0.4, 0.5) is 0 Å². The third kappa shape index (κ3) is 2.36. The molecule has 0 unspecified atom stereocenters. The van der Waals surface area contributed by atoms with E-state index in [1.807, 2.05) is 16.6 Å². The normalized spacial score (nSPS) is 13.8. The minimum Gasteiger partial charge on any atom is -0.334 e. The van der Waals surface area contributed by atoms with Crippen LogP contribution in [0.15, 0.2) is 29.0 Å². The molecule has 8 heteroatoms. The van der Waals surface area contributed by atoms with Gasteiger partial charge in [0.05, 0.1) is 6.54 Å². The first-order chi connectivity index (χ1) is 11.6. The van der Waals surface area contributed by atoms with Crippen LogP contribution in [-0.2, 0) is 20.0 Å². The smallest absolute Gasteiger partial charge is 0.278 e. The van der Waals surface area contributed by atoms with Gasteiger partial charge in [0.25, 0.3) is 11.8 Å². The van der Waals surface area contributed by atoms with Gasteiger partial charge in [0, 0.05) is 49.2 Å². The van der Waals surface area contributed by atoms with E-state index >= 15 is 0 Å². The summed E-state index contributed by atoms with van der Waals surface area (Å²) in [6.07, 6.45) is 3.99. The number of amides is 1. The second kappa shape index (κ2) is 5.55. The number of rotatable bonds is 2.